The molecule has 1 unspecified atom stereocenters. The van der Waals surface area contributed by atoms with E-state index in [9.17, 15) is 13.2 Å². The van der Waals surface area contributed by atoms with Crippen molar-refractivity contribution >= 4 is 33.5 Å². The van der Waals surface area contributed by atoms with Crippen molar-refractivity contribution in [2.45, 2.75) is 26.0 Å². The van der Waals surface area contributed by atoms with Gasteiger partial charge < -0.3 is 9.15 Å². The zero-order valence-corrected chi connectivity index (χ0v) is 18.1. The van der Waals surface area contributed by atoms with Crippen LogP contribution in [0.2, 0.25) is 5.15 Å². The summed E-state index contributed by atoms with van der Waals surface area (Å²) in [5.41, 5.74) is 1.89. The largest absolute Gasteiger partial charge is 0.452 e. The molecule has 0 N–H and O–H groups in total. The van der Waals surface area contributed by atoms with Crippen LogP contribution >= 0.6 is 11.6 Å². The Labute approximate surface area is 183 Å². The van der Waals surface area contributed by atoms with Gasteiger partial charge in [-0.05, 0) is 31.6 Å². The van der Waals surface area contributed by atoms with E-state index in [1.54, 1.807) is 6.92 Å². The number of aromatic nitrogens is 4. The Bertz CT molecular complexity index is 1230. The lowest BCUT2D eigenvalue weighted by molar-refractivity contribution is -0.139. The summed E-state index contributed by atoms with van der Waals surface area (Å²) in [6.45, 7) is 1.56. The third-order valence-electron chi connectivity index (χ3n) is 4.84. The van der Waals surface area contributed by atoms with Gasteiger partial charge in [-0.15, -0.1) is 10.2 Å². The number of aryl methyl sites for hydroxylation is 1. The van der Waals surface area contributed by atoms with Gasteiger partial charge in [-0.2, -0.15) is 5.10 Å². The summed E-state index contributed by atoms with van der Waals surface area (Å²) in [7, 11) is -3.07. The molecule has 1 aliphatic heterocycles. The molecular formula is C20H19ClN4O5S. The number of esters is 1. The normalized spacial score (nSPS) is 17.9. The molecule has 1 fully saturated rings. The third kappa shape index (κ3) is 4.86. The Balaban J connectivity index is 1.38. The minimum absolute atomic E-state index is 0.00812. The molecule has 1 atom stereocenters. The highest BCUT2D eigenvalue weighted by atomic mass is 35.5. The summed E-state index contributed by atoms with van der Waals surface area (Å²) >= 11 is 6.39. The standard InChI is InChI=1S/C20H19ClN4O5S/c1-13-16(19(21)25(24-13)15-9-10-31(27,28)12-15)7-8-18(26)29-11-17-22-23-20(30-17)14-5-3-2-4-6-14/h2-8,15H,9-12H2,1H3/b8-7+. The van der Waals surface area contributed by atoms with Gasteiger partial charge in [-0.3, -0.25) is 0 Å². The molecule has 3 heterocycles. The molecule has 0 spiro atoms. The fourth-order valence-electron chi connectivity index (χ4n) is 3.27. The van der Waals surface area contributed by atoms with Crippen LogP contribution in [0.1, 0.15) is 29.6 Å². The minimum Gasteiger partial charge on any atom is -0.452 e. The van der Waals surface area contributed by atoms with Crippen molar-refractivity contribution in [3.8, 4) is 11.5 Å². The van der Waals surface area contributed by atoms with Crippen molar-refractivity contribution in [1.82, 2.24) is 20.0 Å². The molecule has 3 aromatic rings. The number of rotatable bonds is 6. The number of sulfone groups is 1. The third-order valence-corrected chi connectivity index (χ3v) is 6.96. The Morgan fingerprint density at radius 1 is 1.32 bits per heavy atom. The molecule has 0 bridgehead atoms. The highest BCUT2D eigenvalue weighted by molar-refractivity contribution is 7.91. The number of carbonyl (C=O) groups excluding carboxylic acids is 1. The van der Waals surface area contributed by atoms with Crippen LogP contribution in [0, 0.1) is 6.92 Å². The van der Waals surface area contributed by atoms with Crippen molar-refractivity contribution < 1.29 is 22.4 Å². The average Bonchev–Trinajstić information content (AvgIpc) is 3.43. The fraction of sp³-hybridized carbons (Fsp3) is 0.300. The minimum atomic E-state index is -3.07. The first-order valence-corrected chi connectivity index (χ1v) is 11.7. The Morgan fingerprint density at radius 3 is 2.81 bits per heavy atom. The average molecular weight is 463 g/mol. The van der Waals surface area contributed by atoms with Crippen molar-refractivity contribution in [2.24, 2.45) is 0 Å². The second kappa shape index (κ2) is 8.64. The van der Waals surface area contributed by atoms with E-state index in [2.05, 4.69) is 15.3 Å². The molecular weight excluding hydrogens is 444 g/mol. The van der Waals surface area contributed by atoms with Crippen LogP contribution < -0.4 is 0 Å². The van der Waals surface area contributed by atoms with E-state index in [1.807, 2.05) is 30.3 Å². The van der Waals surface area contributed by atoms with Crippen molar-refractivity contribution in [2.75, 3.05) is 11.5 Å². The smallest absolute Gasteiger partial charge is 0.331 e. The van der Waals surface area contributed by atoms with E-state index in [4.69, 9.17) is 20.8 Å². The summed E-state index contributed by atoms with van der Waals surface area (Å²) in [6.07, 6.45) is 3.18. The highest BCUT2D eigenvalue weighted by Gasteiger charge is 2.31. The lowest BCUT2D eigenvalue weighted by Gasteiger charge is -2.09. The van der Waals surface area contributed by atoms with E-state index in [0.717, 1.165) is 5.56 Å². The Hall–Kier alpha value is -2.98. The molecule has 0 radical (unpaired) electrons. The van der Waals surface area contributed by atoms with Crippen LogP contribution in [0.3, 0.4) is 0 Å². The first kappa shape index (κ1) is 21.3. The molecule has 11 heteroatoms. The first-order valence-electron chi connectivity index (χ1n) is 9.50. The van der Waals surface area contributed by atoms with Gasteiger partial charge in [-0.1, -0.05) is 29.8 Å². The highest BCUT2D eigenvalue weighted by Crippen LogP contribution is 2.30. The van der Waals surface area contributed by atoms with Crippen LogP contribution in [0.4, 0.5) is 0 Å². The van der Waals surface area contributed by atoms with Crippen LogP contribution in [-0.2, 0) is 26.0 Å². The van der Waals surface area contributed by atoms with E-state index < -0.39 is 15.8 Å². The number of nitrogens with zero attached hydrogens (tertiary/aromatic N) is 4. The summed E-state index contributed by atoms with van der Waals surface area (Å²) in [5, 5.41) is 12.4. The van der Waals surface area contributed by atoms with Crippen molar-refractivity contribution in [3.05, 3.63) is 58.7 Å². The number of ether oxygens (including phenoxy) is 1. The molecule has 2 aromatic heterocycles. The second-order valence-electron chi connectivity index (χ2n) is 7.10. The van der Waals surface area contributed by atoms with Gasteiger partial charge in [0.25, 0.3) is 5.89 Å². The fourth-order valence-corrected chi connectivity index (χ4v) is 5.34. The van der Waals surface area contributed by atoms with E-state index in [-0.39, 0.29) is 35.2 Å². The molecule has 1 saturated heterocycles. The molecule has 31 heavy (non-hydrogen) atoms. The SMILES string of the molecule is Cc1nn(C2CCS(=O)(=O)C2)c(Cl)c1/C=C/C(=O)OCc1nnc(-c2ccccc2)o1. The predicted octanol–water partition coefficient (Wildman–Crippen LogP) is 3.01. The molecule has 1 aromatic carbocycles. The molecule has 0 aliphatic carbocycles. The van der Waals surface area contributed by atoms with E-state index in [0.29, 0.717) is 23.6 Å². The molecule has 9 nitrogen and oxygen atoms in total. The topological polar surface area (TPSA) is 117 Å². The van der Waals surface area contributed by atoms with Crippen LogP contribution in [0.5, 0.6) is 0 Å². The van der Waals surface area contributed by atoms with Gasteiger partial charge in [0.1, 0.15) is 5.15 Å². The second-order valence-corrected chi connectivity index (χ2v) is 9.69. The van der Waals surface area contributed by atoms with Gasteiger partial charge in [0.2, 0.25) is 5.89 Å². The van der Waals surface area contributed by atoms with Crippen molar-refractivity contribution in [1.29, 1.82) is 0 Å². The number of hydrogen-bond acceptors (Lipinski definition) is 8. The summed E-state index contributed by atoms with van der Waals surface area (Å²) in [4.78, 5) is 12.1. The summed E-state index contributed by atoms with van der Waals surface area (Å²) in [5.74, 6) is 0.0161. The zero-order chi connectivity index (χ0) is 22.0. The number of carbonyl (C=O) groups is 1. The first-order chi connectivity index (χ1) is 14.8. The van der Waals surface area contributed by atoms with Gasteiger partial charge in [0.05, 0.1) is 23.2 Å². The Morgan fingerprint density at radius 2 is 2.10 bits per heavy atom. The van der Waals surface area contributed by atoms with Crippen LogP contribution in [0.25, 0.3) is 17.5 Å². The Kier molecular flexibility index (Phi) is 5.92. The van der Waals surface area contributed by atoms with Crippen LogP contribution in [-0.4, -0.2) is 45.9 Å². The van der Waals surface area contributed by atoms with Crippen molar-refractivity contribution in [3.63, 3.8) is 0 Å². The molecule has 1 aliphatic rings. The summed E-state index contributed by atoms with van der Waals surface area (Å²) in [6, 6.07) is 8.94. The lowest BCUT2D eigenvalue weighted by atomic mass is 10.2. The number of hydrogen-bond donors (Lipinski definition) is 0. The molecule has 162 valence electrons. The summed E-state index contributed by atoms with van der Waals surface area (Å²) < 4.78 is 35.6. The quantitative estimate of drug-likeness (QED) is 0.405. The van der Waals surface area contributed by atoms with E-state index >= 15 is 0 Å². The van der Waals surface area contributed by atoms with E-state index in [1.165, 1.54) is 16.8 Å². The zero-order valence-electron chi connectivity index (χ0n) is 16.6. The molecule has 0 saturated carbocycles. The monoisotopic (exact) mass is 462 g/mol. The predicted molar refractivity (Wildman–Crippen MR) is 113 cm³/mol. The van der Waals surface area contributed by atoms with Crippen LogP contribution in [0.15, 0.2) is 40.8 Å². The number of halogens is 1. The lowest BCUT2D eigenvalue weighted by Crippen LogP contribution is -2.12. The maximum Gasteiger partial charge on any atom is 0.331 e. The maximum absolute atomic E-state index is 12.1. The molecule has 0 amide bonds. The van der Waals surface area contributed by atoms with Gasteiger partial charge in [0, 0.05) is 17.2 Å². The van der Waals surface area contributed by atoms with Gasteiger partial charge in [-0.25, -0.2) is 17.9 Å². The molecule has 4 rings (SSSR count). The number of benzene rings is 1. The van der Waals surface area contributed by atoms with Gasteiger partial charge >= 0.3 is 5.97 Å². The van der Waals surface area contributed by atoms with Gasteiger partial charge in [0.15, 0.2) is 16.4 Å². The maximum atomic E-state index is 12.1.